The van der Waals surface area contributed by atoms with Crippen LogP contribution < -0.4 is 0 Å². The second-order valence-corrected chi connectivity index (χ2v) is 1.72. The summed E-state index contributed by atoms with van der Waals surface area (Å²) in [6.45, 7) is 0. The van der Waals surface area contributed by atoms with Crippen LogP contribution in [-0.2, 0) is 14.3 Å². The number of esters is 1. The number of halogens is 1. The number of methoxy groups -OCH3 is 1. The van der Waals surface area contributed by atoms with Crippen molar-refractivity contribution in [2.45, 2.75) is 0 Å². The van der Waals surface area contributed by atoms with Crippen molar-refractivity contribution < 1.29 is 14.3 Å². The summed E-state index contributed by atoms with van der Waals surface area (Å²) in [7, 11) is 1.23. The van der Waals surface area contributed by atoms with Gasteiger partial charge >= 0.3 is 5.97 Å². The highest BCUT2D eigenvalue weighted by Crippen LogP contribution is 1.83. The predicted molar refractivity (Wildman–Crippen MR) is 36.9 cm³/mol. The zero-order chi connectivity index (χ0) is 7.98. The van der Waals surface area contributed by atoms with Crippen LogP contribution in [0.4, 0.5) is 0 Å². The largest absolute Gasteiger partial charge is 0.466 e. The molecular weight excluding hydrogens is 156 g/mol. The number of allylic oxidation sites excluding steroid dienone is 1. The van der Waals surface area contributed by atoms with E-state index in [0.717, 1.165) is 12.2 Å². The predicted octanol–water partition coefficient (Wildman–Crippen LogP) is 0.523. The Morgan fingerprint density at radius 2 is 2.10 bits per heavy atom. The van der Waals surface area contributed by atoms with Gasteiger partial charge in [0.1, 0.15) is 0 Å². The topological polar surface area (TPSA) is 43.4 Å². The second kappa shape index (κ2) is 4.99. The first-order valence-electron chi connectivity index (χ1n) is 2.55. The van der Waals surface area contributed by atoms with E-state index >= 15 is 0 Å². The third kappa shape index (κ3) is 4.09. The minimum absolute atomic E-state index is 0.118. The number of rotatable bonds is 3. The lowest BCUT2D eigenvalue weighted by molar-refractivity contribution is -0.135. The maximum Gasteiger partial charge on any atom is 0.330 e. The normalized spacial score (nSPS) is 9.80. The van der Waals surface area contributed by atoms with E-state index in [1.54, 1.807) is 0 Å². The van der Waals surface area contributed by atoms with Crippen LogP contribution in [0.2, 0.25) is 0 Å². The molecule has 0 saturated carbocycles. The van der Waals surface area contributed by atoms with Gasteiger partial charge in [-0.15, -0.1) is 11.6 Å². The SMILES string of the molecule is COC(=O)C=CC(=O)CCl. The van der Waals surface area contributed by atoms with Gasteiger partial charge in [0.2, 0.25) is 0 Å². The van der Waals surface area contributed by atoms with Gasteiger partial charge in [-0.2, -0.15) is 0 Å². The minimum atomic E-state index is -0.557. The molecule has 0 unspecified atom stereocenters. The fraction of sp³-hybridized carbons (Fsp3) is 0.333. The number of hydrogen-bond acceptors (Lipinski definition) is 3. The Morgan fingerprint density at radius 1 is 1.50 bits per heavy atom. The molecule has 0 radical (unpaired) electrons. The van der Waals surface area contributed by atoms with Crippen LogP contribution in [0.1, 0.15) is 0 Å². The van der Waals surface area contributed by atoms with E-state index in [-0.39, 0.29) is 11.7 Å². The van der Waals surface area contributed by atoms with Crippen molar-refractivity contribution >= 4 is 23.4 Å². The van der Waals surface area contributed by atoms with Gasteiger partial charge in [-0.3, -0.25) is 4.79 Å². The van der Waals surface area contributed by atoms with E-state index in [0.29, 0.717) is 0 Å². The van der Waals surface area contributed by atoms with E-state index in [1.807, 2.05) is 0 Å². The highest BCUT2D eigenvalue weighted by molar-refractivity contribution is 6.29. The van der Waals surface area contributed by atoms with E-state index in [2.05, 4.69) is 4.74 Å². The highest BCUT2D eigenvalue weighted by atomic mass is 35.5. The number of hydrogen-bond donors (Lipinski definition) is 0. The molecule has 0 aliphatic rings. The zero-order valence-corrected chi connectivity index (χ0v) is 6.22. The Bertz CT molecular complexity index is 144. The molecule has 0 aromatic heterocycles. The Kier molecular flexibility index (Phi) is 4.58. The Labute approximate surface area is 63.6 Å². The van der Waals surface area contributed by atoms with E-state index in [9.17, 15) is 9.59 Å². The van der Waals surface area contributed by atoms with Gasteiger partial charge in [0.05, 0.1) is 13.0 Å². The van der Waals surface area contributed by atoms with Crippen molar-refractivity contribution in [1.29, 1.82) is 0 Å². The van der Waals surface area contributed by atoms with Gasteiger partial charge in [0, 0.05) is 6.08 Å². The van der Waals surface area contributed by atoms with Crippen molar-refractivity contribution in [1.82, 2.24) is 0 Å². The number of ketones is 1. The molecule has 56 valence electrons. The standard InChI is InChI=1S/C6H7ClO3/c1-10-6(9)3-2-5(8)4-7/h2-3H,4H2,1H3. The van der Waals surface area contributed by atoms with Crippen LogP contribution in [0.15, 0.2) is 12.2 Å². The van der Waals surface area contributed by atoms with Crippen LogP contribution in [0.25, 0.3) is 0 Å². The quantitative estimate of drug-likeness (QED) is 0.345. The molecule has 0 N–H and O–H groups in total. The average molecular weight is 163 g/mol. The third-order valence-corrected chi connectivity index (χ3v) is 1.00. The summed E-state index contributed by atoms with van der Waals surface area (Å²) < 4.78 is 4.22. The zero-order valence-electron chi connectivity index (χ0n) is 5.46. The van der Waals surface area contributed by atoms with E-state index < -0.39 is 5.97 Å². The van der Waals surface area contributed by atoms with Crippen LogP contribution in [-0.4, -0.2) is 24.7 Å². The maximum atomic E-state index is 10.4. The molecule has 3 nitrogen and oxygen atoms in total. The summed E-state index contributed by atoms with van der Waals surface area (Å²) in [4.78, 5) is 20.7. The summed E-state index contributed by atoms with van der Waals surface area (Å²) in [6.07, 6.45) is 2.11. The molecule has 0 bridgehead atoms. The molecule has 4 heteroatoms. The monoisotopic (exact) mass is 162 g/mol. The first kappa shape index (κ1) is 9.17. The van der Waals surface area contributed by atoms with Gasteiger partial charge in [0.25, 0.3) is 0 Å². The van der Waals surface area contributed by atoms with Crippen molar-refractivity contribution in [2.75, 3.05) is 13.0 Å². The van der Waals surface area contributed by atoms with Crippen molar-refractivity contribution in [3.8, 4) is 0 Å². The second-order valence-electron chi connectivity index (χ2n) is 1.46. The lowest BCUT2D eigenvalue weighted by Crippen LogP contribution is -1.98. The molecule has 0 amide bonds. The molecule has 0 fully saturated rings. The van der Waals surface area contributed by atoms with Crippen LogP contribution in [0.5, 0.6) is 0 Å². The van der Waals surface area contributed by atoms with Crippen LogP contribution in [0.3, 0.4) is 0 Å². The smallest absolute Gasteiger partial charge is 0.330 e. The van der Waals surface area contributed by atoms with Crippen molar-refractivity contribution in [3.05, 3.63) is 12.2 Å². The molecule has 0 saturated heterocycles. The highest BCUT2D eigenvalue weighted by Gasteiger charge is 1.94. The number of carbonyl (C=O) groups is 2. The number of ether oxygens (including phenoxy) is 1. The van der Waals surface area contributed by atoms with E-state index in [1.165, 1.54) is 7.11 Å². The molecule has 0 aromatic rings. The van der Waals surface area contributed by atoms with Crippen molar-refractivity contribution in [3.63, 3.8) is 0 Å². The molecule has 0 aliphatic heterocycles. The number of carbonyl (C=O) groups excluding carboxylic acids is 2. The Balaban J connectivity index is 3.75. The summed E-state index contributed by atoms with van der Waals surface area (Å²) in [5.41, 5.74) is 0. The lowest BCUT2D eigenvalue weighted by atomic mass is 10.4. The van der Waals surface area contributed by atoms with Gasteiger partial charge in [-0.05, 0) is 6.08 Å². The summed E-state index contributed by atoms with van der Waals surface area (Å²) >= 11 is 5.13. The fourth-order valence-electron chi connectivity index (χ4n) is 0.274. The molecule has 10 heavy (non-hydrogen) atoms. The van der Waals surface area contributed by atoms with Crippen LogP contribution >= 0.6 is 11.6 Å². The fourth-order valence-corrected chi connectivity index (χ4v) is 0.363. The minimum Gasteiger partial charge on any atom is -0.466 e. The molecular formula is C6H7ClO3. The lowest BCUT2D eigenvalue weighted by Gasteiger charge is -1.87. The summed E-state index contributed by atoms with van der Waals surface area (Å²) in [6, 6.07) is 0. The first-order valence-corrected chi connectivity index (χ1v) is 3.09. The average Bonchev–Trinajstić information content (AvgIpc) is 1.99. The van der Waals surface area contributed by atoms with Crippen LogP contribution in [0, 0.1) is 0 Å². The molecule has 0 rings (SSSR count). The van der Waals surface area contributed by atoms with E-state index in [4.69, 9.17) is 11.6 Å². The van der Waals surface area contributed by atoms with Gasteiger partial charge in [0.15, 0.2) is 5.78 Å². The summed E-state index contributed by atoms with van der Waals surface area (Å²) in [5.74, 6) is -0.987. The molecule has 0 heterocycles. The number of alkyl halides is 1. The molecule has 0 aliphatic carbocycles. The van der Waals surface area contributed by atoms with Crippen molar-refractivity contribution in [2.24, 2.45) is 0 Å². The third-order valence-electron chi connectivity index (χ3n) is 0.738. The first-order chi connectivity index (χ1) is 4.70. The Morgan fingerprint density at radius 3 is 2.50 bits per heavy atom. The summed E-state index contributed by atoms with van der Waals surface area (Å²) in [5, 5.41) is 0. The maximum absolute atomic E-state index is 10.4. The molecule has 0 spiro atoms. The molecule has 0 aromatic carbocycles. The van der Waals surface area contributed by atoms with Gasteiger partial charge in [-0.25, -0.2) is 4.79 Å². The Hall–Kier alpha value is -0.830. The van der Waals surface area contributed by atoms with Gasteiger partial charge in [-0.1, -0.05) is 0 Å². The van der Waals surface area contributed by atoms with Gasteiger partial charge < -0.3 is 4.74 Å². The molecule has 0 atom stereocenters.